The van der Waals surface area contributed by atoms with E-state index in [9.17, 15) is 9.59 Å². The Morgan fingerprint density at radius 1 is 1.10 bits per heavy atom. The van der Waals surface area contributed by atoms with Crippen LogP contribution in [0.15, 0.2) is 71.1 Å². The van der Waals surface area contributed by atoms with Gasteiger partial charge in [-0.2, -0.15) is 5.10 Å². The van der Waals surface area contributed by atoms with Crippen LogP contribution in [0.2, 0.25) is 5.02 Å². The van der Waals surface area contributed by atoms with Gasteiger partial charge in [-0.25, -0.2) is 5.01 Å². The van der Waals surface area contributed by atoms with Gasteiger partial charge in [0.1, 0.15) is 12.3 Å². The molecule has 0 radical (unpaired) electrons. The first-order chi connectivity index (χ1) is 19.0. The van der Waals surface area contributed by atoms with Gasteiger partial charge in [0.25, 0.3) is 11.8 Å². The molecule has 2 aliphatic heterocycles. The Labute approximate surface area is 237 Å². The van der Waals surface area contributed by atoms with Gasteiger partial charge in [-0.3, -0.25) is 14.5 Å². The molecule has 1 fully saturated rings. The van der Waals surface area contributed by atoms with Crippen LogP contribution in [0, 0.1) is 0 Å². The molecule has 5 rings (SSSR count). The first-order valence-electron chi connectivity index (χ1n) is 12.9. The highest BCUT2D eigenvalue weighted by molar-refractivity contribution is 7.12. The van der Waals surface area contributed by atoms with Crippen molar-refractivity contribution < 1.29 is 19.1 Å². The van der Waals surface area contributed by atoms with Crippen LogP contribution < -0.4 is 4.74 Å². The monoisotopic (exact) mass is 566 g/mol. The fourth-order valence-corrected chi connectivity index (χ4v) is 5.59. The van der Waals surface area contributed by atoms with Gasteiger partial charge < -0.3 is 14.4 Å². The van der Waals surface area contributed by atoms with Gasteiger partial charge in [-0.05, 0) is 59.0 Å². The average molecular weight is 567 g/mol. The van der Waals surface area contributed by atoms with E-state index in [0.29, 0.717) is 42.6 Å². The molecule has 0 spiro atoms. The maximum Gasteiger partial charge on any atom is 0.264 e. The van der Waals surface area contributed by atoms with Crippen molar-refractivity contribution in [2.75, 3.05) is 53.0 Å². The number of hydrogen-bond acceptors (Lipinski definition) is 7. The molecule has 0 saturated carbocycles. The number of thiophene rings is 1. The minimum atomic E-state index is -0.301. The van der Waals surface area contributed by atoms with E-state index in [1.165, 1.54) is 16.3 Å². The zero-order valence-electron chi connectivity index (χ0n) is 21.8. The quantitative estimate of drug-likeness (QED) is 0.379. The highest BCUT2D eigenvalue weighted by Gasteiger charge is 2.34. The molecule has 8 nitrogen and oxygen atoms in total. The molecule has 1 unspecified atom stereocenters. The van der Waals surface area contributed by atoms with E-state index in [1.54, 1.807) is 18.1 Å². The molecule has 39 heavy (non-hydrogen) atoms. The third-order valence-electron chi connectivity index (χ3n) is 6.98. The Morgan fingerprint density at radius 2 is 1.85 bits per heavy atom. The van der Waals surface area contributed by atoms with Crippen LogP contribution in [-0.4, -0.2) is 85.4 Å². The summed E-state index contributed by atoms with van der Waals surface area (Å²) >= 11 is 7.53. The SMILES string of the molecule is COc1ccc(C2=NN(C(=O)CN(CCN3CCOCC3)C(=O)c3cccs3)C(c3ccc(Cl)cc3)C2)cc1. The second kappa shape index (κ2) is 12.7. The summed E-state index contributed by atoms with van der Waals surface area (Å²) in [5.74, 6) is 0.376. The highest BCUT2D eigenvalue weighted by atomic mass is 35.5. The summed E-state index contributed by atoms with van der Waals surface area (Å²) in [7, 11) is 1.63. The fraction of sp³-hybridized carbons (Fsp3) is 0.345. The Balaban J connectivity index is 1.39. The van der Waals surface area contributed by atoms with E-state index in [1.807, 2.05) is 60.0 Å². The number of ether oxygens (including phenoxy) is 2. The number of amides is 2. The zero-order chi connectivity index (χ0) is 27.2. The number of morpholine rings is 1. The Morgan fingerprint density at radius 3 is 2.51 bits per heavy atom. The molecule has 2 aromatic carbocycles. The summed E-state index contributed by atoms with van der Waals surface area (Å²) in [6.07, 6.45) is 0.548. The second-order valence-corrected chi connectivity index (χ2v) is 10.8. The lowest BCUT2D eigenvalue weighted by atomic mass is 9.98. The average Bonchev–Trinajstić information content (AvgIpc) is 3.67. The lowest BCUT2D eigenvalue weighted by molar-refractivity contribution is -0.133. The predicted octanol–water partition coefficient (Wildman–Crippen LogP) is 4.56. The number of hydrogen-bond donors (Lipinski definition) is 0. The topological polar surface area (TPSA) is 74.7 Å². The molecule has 2 amide bonds. The molecular formula is C29H31ClN4O4S. The van der Waals surface area contributed by atoms with Crippen molar-refractivity contribution in [3.63, 3.8) is 0 Å². The van der Waals surface area contributed by atoms with E-state index in [-0.39, 0.29) is 24.4 Å². The number of rotatable bonds is 9. The van der Waals surface area contributed by atoms with Crippen molar-refractivity contribution in [2.24, 2.45) is 5.10 Å². The summed E-state index contributed by atoms with van der Waals surface area (Å²) in [6, 6.07) is 18.5. The number of nitrogens with zero attached hydrogens (tertiary/aromatic N) is 4. The van der Waals surface area contributed by atoms with Gasteiger partial charge in [0.05, 0.1) is 37.0 Å². The van der Waals surface area contributed by atoms with Crippen molar-refractivity contribution in [3.8, 4) is 5.75 Å². The van der Waals surface area contributed by atoms with Crippen molar-refractivity contribution in [1.29, 1.82) is 0 Å². The summed E-state index contributed by atoms with van der Waals surface area (Å²) in [4.78, 5) is 31.8. The summed E-state index contributed by atoms with van der Waals surface area (Å²) in [5, 5.41) is 8.82. The van der Waals surface area contributed by atoms with Crippen LogP contribution >= 0.6 is 22.9 Å². The van der Waals surface area contributed by atoms with Crippen LogP contribution in [0.1, 0.15) is 33.3 Å². The smallest absolute Gasteiger partial charge is 0.264 e. The summed E-state index contributed by atoms with van der Waals surface area (Å²) < 4.78 is 10.7. The lowest BCUT2D eigenvalue weighted by Gasteiger charge is -2.31. The highest BCUT2D eigenvalue weighted by Crippen LogP contribution is 2.34. The molecule has 3 aromatic rings. The Kier molecular flexibility index (Phi) is 8.93. The molecule has 0 N–H and O–H groups in total. The van der Waals surface area contributed by atoms with Crippen molar-refractivity contribution in [3.05, 3.63) is 87.1 Å². The minimum absolute atomic E-state index is 0.0649. The lowest BCUT2D eigenvalue weighted by Crippen LogP contribution is -2.46. The van der Waals surface area contributed by atoms with Crippen LogP contribution in [-0.2, 0) is 9.53 Å². The molecule has 1 saturated heterocycles. The number of hydrazone groups is 1. The summed E-state index contributed by atoms with van der Waals surface area (Å²) in [6.45, 7) is 4.04. The maximum atomic E-state index is 13.9. The van der Waals surface area contributed by atoms with Crippen molar-refractivity contribution in [1.82, 2.24) is 14.8 Å². The van der Waals surface area contributed by atoms with Gasteiger partial charge in [0.2, 0.25) is 0 Å². The molecular weight excluding hydrogens is 536 g/mol. The first-order valence-corrected chi connectivity index (χ1v) is 14.2. The van der Waals surface area contributed by atoms with E-state index < -0.39 is 0 Å². The van der Waals surface area contributed by atoms with Crippen LogP contribution in [0.3, 0.4) is 0 Å². The molecule has 3 heterocycles. The number of halogens is 1. The molecule has 204 valence electrons. The Hall–Kier alpha value is -3.24. The third-order valence-corrected chi connectivity index (χ3v) is 8.09. The second-order valence-electron chi connectivity index (χ2n) is 9.44. The zero-order valence-corrected chi connectivity index (χ0v) is 23.4. The molecule has 10 heteroatoms. The van der Waals surface area contributed by atoms with Crippen molar-refractivity contribution >= 4 is 40.5 Å². The summed E-state index contributed by atoms with van der Waals surface area (Å²) in [5.41, 5.74) is 2.66. The van der Waals surface area contributed by atoms with E-state index in [0.717, 1.165) is 35.7 Å². The largest absolute Gasteiger partial charge is 0.497 e. The molecule has 2 aliphatic rings. The van der Waals surface area contributed by atoms with Gasteiger partial charge in [0, 0.05) is 37.6 Å². The van der Waals surface area contributed by atoms with Crippen molar-refractivity contribution in [2.45, 2.75) is 12.5 Å². The van der Waals surface area contributed by atoms with Gasteiger partial charge in [0.15, 0.2) is 0 Å². The Bertz CT molecular complexity index is 1290. The van der Waals surface area contributed by atoms with Gasteiger partial charge >= 0.3 is 0 Å². The van der Waals surface area contributed by atoms with Gasteiger partial charge in [-0.15, -0.1) is 11.3 Å². The van der Waals surface area contributed by atoms with Gasteiger partial charge in [-0.1, -0.05) is 29.8 Å². The number of benzene rings is 2. The molecule has 0 aliphatic carbocycles. The fourth-order valence-electron chi connectivity index (χ4n) is 4.77. The normalized spacial score (nSPS) is 17.6. The first kappa shape index (κ1) is 27.3. The number of carbonyl (C=O) groups is 2. The van der Waals surface area contributed by atoms with E-state index in [2.05, 4.69) is 4.90 Å². The number of methoxy groups -OCH3 is 1. The standard InChI is InChI=1S/C29H31ClN4O4S/c1-37-24-10-6-21(7-11-24)25-19-26(22-4-8-23(30)9-5-22)34(31-25)28(35)20-33(29(36)27-3-2-18-39-27)13-12-32-14-16-38-17-15-32/h2-11,18,26H,12-17,19-20H2,1H3. The molecule has 1 atom stereocenters. The van der Waals surface area contributed by atoms with Crippen LogP contribution in [0.25, 0.3) is 0 Å². The molecule has 1 aromatic heterocycles. The maximum absolute atomic E-state index is 13.9. The van der Waals surface area contributed by atoms with E-state index >= 15 is 0 Å². The van der Waals surface area contributed by atoms with Crippen LogP contribution in [0.4, 0.5) is 0 Å². The van der Waals surface area contributed by atoms with Crippen LogP contribution in [0.5, 0.6) is 5.75 Å². The minimum Gasteiger partial charge on any atom is -0.497 e. The van der Waals surface area contributed by atoms with E-state index in [4.69, 9.17) is 26.2 Å². The predicted molar refractivity (Wildman–Crippen MR) is 153 cm³/mol. The third kappa shape index (κ3) is 6.67. The number of carbonyl (C=O) groups excluding carboxylic acids is 2. The molecule has 0 bridgehead atoms.